The minimum absolute atomic E-state index is 0.0192. The fourth-order valence-electron chi connectivity index (χ4n) is 2.93. The number of aromatic nitrogens is 3. The predicted molar refractivity (Wildman–Crippen MR) is 110 cm³/mol. The van der Waals surface area contributed by atoms with Crippen LogP contribution in [0.25, 0.3) is 11.3 Å². The second-order valence-electron chi connectivity index (χ2n) is 6.42. The van der Waals surface area contributed by atoms with Crippen molar-refractivity contribution >= 4 is 23.5 Å². The third kappa shape index (κ3) is 4.04. The zero-order valence-corrected chi connectivity index (χ0v) is 16.9. The minimum Gasteiger partial charge on any atom is -0.497 e. The van der Waals surface area contributed by atoms with Crippen molar-refractivity contribution in [2.45, 2.75) is 13.3 Å². The molecular formula is C21H17ClN4O4. The van der Waals surface area contributed by atoms with Crippen LogP contribution in [-0.4, -0.2) is 28.4 Å². The van der Waals surface area contributed by atoms with E-state index in [1.165, 1.54) is 0 Å². The molecule has 4 rings (SSSR count). The van der Waals surface area contributed by atoms with E-state index in [9.17, 15) is 4.79 Å². The van der Waals surface area contributed by atoms with Crippen LogP contribution in [0.4, 0.5) is 6.01 Å². The molecule has 2 heterocycles. The standard InChI is InChI=1S/C21H17ClN4O4/c1-12-18(19(26-30-12)15-5-3-4-6-16(15)22)20(27)23-21-25-24-17(29-21)11-13-7-9-14(28-2)10-8-13/h3-10H,11H2,1-2H3,(H,23,25,27). The summed E-state index contributed by atoms with van der Waals surface area (Å²) in [5.74, 6) is 0.989. The number of anilines is 1. The molecule has 0 aliphatic rings. The van der Waals surface area contributed by atoms with Crippen molar-refractivity contribution in [3.63, 3.8) is 0 Å². The maximum atomic E-state index is 12.8. The molecule has 0 bridgehead atoms. The molecule has 0 aliphatic heterocycles. The van der Waals surface area contributed by atoms with E-state index in [2.05, 4.69) is 20.7 Å². The molecule has 0 unspecified atom stereocenters. The Balaban J connectivity index is 1.51. The monoisotopic (exact) mass is 424 g/mol. The average molecular weight is 425 g/mol. The summed E-state index contributed by atoms with van der Waals surface area (Å²) in [6.45, 7) is 1.64. The van der Waals surface area contributed by atoms with Crippen LogP contribution in [-0.2, 0) is 6.42 Å². The first kappa shape index (κ1) is 19.7. The first-order chi connectivity index (χ1) is 14.5. The van der Waals surface area contributed by atoms with Crippen LogP contribution in [0.15, 0.2) is 57.5 Å². The number of hydrogen-bond acceptors (Lipinski definition) is 7. The van der Waals surface area contributed by atoms with Gasteiger partial charge in [-0.1, -0.05) is 52.2 Å². The molecule has 0 aliphatic carbocycles. The second kappa shape index (κ2) is 8.38. The van der Waals surface area contributed by atoms with E-state index in [4.69, 9.17) is 25.3 Å². The molecule has 4 aromatic rings. The van der Waals surface area contributed by atoms with Gasteiger partial charge in [0.1, 0.15) is 22.8 Å². The minimum atomic E-state index is -0.483. The Morgan fingerprint density at radius 2 is 1.90 bits per heavy atom. The highest BCUT2D eigenvalue weighted by Gasteiger charge is 2.24. The summed E-state index contributed by atoms with van der Waals surface area (Å²) < 4.78 is 15.9. The number of ether oxygens (including phenoxy) is 1. The zero-order chi connectivity index (χ0) is 21.1. The highest BCUT2D eigenvalue weighted by Crippen LogP contribution is 2.31. The van der Waals surface area contributed by atoms with Gasteiger partial charge in [0, 0.05) is 5.56 Å². The van der Waals surface area contributed by atoms with Gasteiger partial charge in [0.2, 0.25) is 5.89 Å². The van der Waals surface area contributed by atoms with Gasteiger partial charge in [-0.25, -0.2) is 0 Å². The Kier molecular flexibility index (Phi) is 5.49. The summed E-state index contributed by atoms with van der Waals surface area (Å²) in [4.78, 5) is 12.8. The first-order valence-corrected chi connectivity index (χ1v) is 9.41. The molecule has 0 spiro atoms. The SMILES string of the molecule is COc1ccc(Cc2nnc(NC(=O)c3c(-c4ccccc4Cl)noc3C)o2)cc1. The largest absolute Gasteiger partial charge is 0.497 e. The van der Waals surface area contributed by atoms with E-state index in [0.717, 1.165) is 11.3 Å². The number of nitrogens with zero attached hydrogens (tertiary/aromatic N) is 3. The topological polar surface area (TPSA) is 103 Å². The van der Waals surface area contributed by atoms with Gasteiger partial charge in [-0.2, -0.15) is 0 Å². The number of hydrogen-bond donors (Lipinski definition) is 1. The summed E-state index contributed by atoms with van der Waals surface area (Å²) in [6.07, 6.45) is 0.421. The van der Waals surface area contributed by atoms with Crippen LogP contribution in [0.1, 0.15) is 27.6 Å². The predicted octanol–water partition coefficient (Wildman–Crippen LogP) is 4.54. The van der Waals surface area contributed by atoms with E-state index >= 15 is 0 Å². The number of carbonyl (C=O) groups excluding carboxylic acids is 1. The number of rotatable bonds is 6. The Morgan fingerprint density at radius 1 is 1.13 bits per heavy atom. The lowest BCUT2D eigenvalue weighted by Gasteiger charge is -2.04. The van der Waals surface area contributed by atoms with E-state index in [-0.39, 0.29) is 11.6 Å². The summed E-state index contributed by atoms with van der Waals surface area (Å²) in [5.41, 5.74) is 2.15. The van der Waals surface area contributed by atoms with Gasteiger partial charge in [-0.05, 0) is 30.7 Å². The van der Waals surface area contributed by atoms with Gasteiger partial charge in [-0.15, -0.1) is 5.10 Å². The average Bonchev–Trinajstić information content (AvgIpc) is 3.35. The maximum absolute atomic E-state index is 12.8. The van der Waals surface area contributed by atoms with Crippen LogP contribution in [0.5, 0.6) is 5.75 Å². The second-order valence-corrected chi connectivity index (χ2v) is 6.83. The van der Waals surface area contributed by atoms with E-state index in [0.29, 0.717) is 34.4 Å². The molecule has 0 radical (unpaired) electrons. The molecule has 1 amide bonds. The fraction of sp³-hybridized carbons (Fsp3) is 0.143. The Morgan fingerprint density at radius 3 is 2.63 bits per heavy atom. The van der Waals surface area contributed by atoms with Gasteiger partial charge in [0.15, 0.2) is 0 Å². The Labute approximate surface area is 176 Å². The molecule has 0 saturated carbocycles. The van der Waals surface area contributed by atoms with Crippen molar-refractivity contribution in [2.75, 3.05) is 12.4 Å². The molecule has 2 aromatic carbocycles. The lowest BCUT2D eigenvalue weighted by Crippen LogP contribution is -2.13. The molecular weight excluding hydrogens is 408 g/mol. The number of aryl methyl sites for hydroxylation is 1. The van der Waals surface area contributed by atoms with Crippen molar-refractivity contribution in [2.24, 2.45) is 0 Å². The molecule has 1 N–H and O–H groups in total. The molecule has 0 atom stereocenters. The molecule has 9 heteroatoms. The summed E-state index contributed by atoms with van der Waals surface area (Å²) in [7, 11) is 1.61. The Bertz CT molecular complexity index is 1180. The Hall–Kier alpha value is -3.65. The van der Waals surface area contributed by atoms with Crippen molar-refractivity contribution in [3.8, 4) is 17.0 Å². The third-order valence-electron chi connectivity index (χ3n) is 4.42. The lowest BCUT2D eigenvalue weighted by molar-refractivity contribution is 0.102. The first-order valence-electron chi connectivity index (χ1n) is 9.03. The smallest absolute Gasteiger partial charge is 0.322 e. The molecule has 2 aromatic heterocycles. The number of benzene rings is 2. The van der Waals surface area contributed by atoms with Crippen LogP contribution >= 0.6 is 11.6 Å². The number of methoxy groups -OCH3 is 1. The lowest BCUT2D eigenvalue weighted by atomic mass is 10.1. The number of nitrogens with one attached hydrogen (secondary N) is 1. The zero-order valence-electron chi connectivity index (χ0n) is 16.2. The highest BCUT2D eigenvalue weighted by atomic mass is 35.5. The fourth-order valence-corrected chi connectivity index (χ4v) is 3.16. The van der Waals surface area contributed by atoms with Crippen LogP contribution in [0.3, 0.4) is 0 Å². The summed E-state index contributed by atoms with van der Waals surface area (Å²) in [6, 6.07) is 14.5. The van der Waals surface area contributed by atoms with E-state index < -0.39 is 5.91 Å². The number of carbonyl (C=O) groups is 1. The number of amides is 1. The molecule has 30 heavy (non-hydrogen) atoms. The van der Waals surface area contributed by atoms with Gasteiger partial charge in [-0.3, -0.25) is 10.1 Å². The quantitative estimate of drug-likeness (QED) is 0.484. The van der Waals surface area contributed by atoms with E-state index in [1.807, 2.05) is 24.3 Å². The van der Waals surface area contributed by atoms with Crippen molar-refractivity contribution in [1.29, 1.82) is 0 Å². The molecule has 152 valence electrons. The van der Waals surface area contributed by atoms with Gasteiger partial charge in [0.05, 0.1) is 18.6 Å². The van der Waals surface area contributed by atoms with Crippen LogP contribution in [0.2, 0.25) is 5.02 Å². The van der Waals surface area contributed by atoms with E-state index in [1.54, 1.807) is 38.3 Å². The van der Waals surface area contributed by atoms with Crippen LogP contribution < -0.4 is 10.1 Å². The normalized spacial score (nSPS) is 10.8. The molecule has 0 fully saturated rings. The highest BCUT2D eigenvalue weighted by molar-refractivity contribution is 6.33. The number of halogens is 1. The third-order valence-corrected chi connectivity index (χ3v) is 4.75. The van der Waals surface area contributed by atoms with Gasteiger partial charge < -0.3 is 13.7 Å². The van der Waals surface area contributed by atoms with Crippen molar-refractivity contribution in [3.05, 3.63) is 76.3 Å². The van der Waals surface area contributed by atoms with Gasteiger partial charge in [0.25, 0.3) is 5.91 Å². The maximum Gasteiger partial charge on any atom is 0.322 e. The molecule has 0 saturated heterocycles. The van der Waals surface area contributed by atoms with Crippen molar-refractivity contribution < 1.29 is 18.5 Å². The van der Waals surface area contributed by atoms with Crippen LogP contribution in [0, 0.1) is 6.92 Å². The molecule has 8 nitrogen and oxygen atoms in total. The van der Waals surface area contributed by atoms with Gasteiger partial charge >= 0.3 is 6.01 Å². The summed E-state index contributed by atoms with van der Waals surface area (Å²) >= 11 is 6.24. The summed E-state index contributed by atoms with van der Waals surface area (Å²) in [5, 5.41) is 14.9. The van der Waals surface area contributed by atoms with Crippen molar-refractivity contribution in [1.82, 2.24) is 15.4 Å².